The third-order valence-electron chi connectivity index (χ3n) is 6.09. The third-order valence-corrected chi connectivity index (χ3v) is 9.04. The number of para-hydroxylation sites is 2. The van der Waals surface area contributed by atoms with Gasteiger partial charge in [-0.1, -0.05) is 103 Å². The molecule has 3 nitrogen and oxygen atoms in total. The molecular weight excluding hydrogens is 423 g/mol. The smallest absolute Gasteiger partial charge is 0.188 e. The normalized spacial score (nSPS) is 11.8. The monoisotopic (exact) mass is 444 g/mol. The Morgan fingerprint density at radius 3 is 1.55 bits per heavy atom. The quantitative estimate of drug-likeness (QED) is 0.321. The lowest BCUT2D eigenvalue weighted by atomic mass is 10.2. The first-order chi connectivity index (χ1) is 16.3. The Labute approximate surface area is 192 Å². The van der Waals surface area contributed by atoms with Gasteiger partial charge in [0.15, 0.2) is 7.14 Å². The van der Waals surface area contributed by atoms with Gasteiger partial charge in [-0.3, -0.25) is 4.57 Å². The average molecular weight is 444 g/mol. The summed E-state index contributed by atoms with van der Waals surface area (Å²) in [6.07, 6.45) is 0. The molecule has 0 bridgehead atoms. The molecule has 0 aliphatic carbocycles. The van der Waals surface area contributed by atoms with Crippen LogP contribution < -0.4 is 16.0 Å². The molecule has 2 heterocycles. The highest BCUT2D eigenvalue weighted by atomic mass is 31.2. The number of pyridine rings is 1. The highest BCUT2D eigenvalue weighted by molar-refractivity contribution is 7.85. The lowest BCUT2D eigenvalue weighted by Gasteiger charge is -2.20. The minimum Gasteiger partial charge on any atom is -0.307 e. The summed E-state index contributed by atoms with van der Waals surface area (Å²) in [5, 5.41) is 3.91. The molecule has 0 aliphatic rings. The molecule has 158 valence electrons. The molecule has 6 aromatic rings. The molecule has 0 unspecified atom stereocenters. The van der Waals surface area contributed by atoms with E-state index in [9.17, 15) is 4.57 Å². The first-order valence-electron chi connectivity index (χ1n) is 10.9. The minimum atomic E-state index is -3.15. The molecule has 0 amide bonds. The number of hydrogen-bond acceptors (Lipinski definition) is 2. The van der Waals surface area contributed by atoms with E-state index in [1.54, 1.807) is 0 Å². The summed E-state index contributed by atoms with van der Waals surface area (Å²) < 4.78 is 17.0. The van der Waals surface area contributed by atoms with E-state index >= 15 is 0 Å². The first kappa shape index (κ1) is 19.7. The van der Waals surface area contributed by atoms with Crippen LogP contribution in [-0.4, -0.2) is 9.55 Å². The fourth-order valence-electron chi connectivity index (χ4n) is 4.57. The van der Waals surface area contributed by atoms with E-state index in [0.717, 1.165) is 27.5 Å². The second kappa shape index (κ2) is 7.88. The Bertz CT molecular complexity index is 1540. The summed E-state index contributed by atoms with van der Waals surface area (Å²) in [6.45, 7) is 0. The van der Waals surface area contributed by atoms with Crippen molar-refractivity contribution in [2.45, 2.75) is 0 Å². The second-order valence-electron chi connectivity index (χ2n) is 8.00. The Morgan fingerprint density at radius 2 is 1.00 bits per heavy atom. The SMILES string of the molecule is O=P(c1ccccc1)(c1ccccc1)c1cccc(-n2c3ccccc3c3ccccc32)n1. The maximum atomic E-state index is 14.8. The van der Waals surface area contributed by atoms with Gasteiger partial charge in [0, 0.05) is 21.4 Å². The topological polar surface area (TPSA) is 34.9 Å². The average Bonchev–Trinajstić information content (AvgIpc) is 3.24. The van der Waals surface area contributed by atoms with Crippen LogP contribution in [0.1, 0.15) is 0 Å². The zero-order chi connectivity index (χ0) is 22.3. The first-order valence-corrected chi connectivity index (χ1v) is 12.6. The van der Waals surface area contributed by atoms with Crippen molar-refractivity contribution >= 4 is 45.0 Å². The van der Waals surface area contributed by atoms with Crippen molar-refractivity contribution in [3.63, 3.8) is 0 Å². The van der Waals surface area contributed by atoms with Gasteiger partial charge in [-0.25, -0.2) is 4.98 Å². The van der Waals surface area contributed by atoms with Crippen LogP contribution in [0.15, 0.2) is 127 Å². The summed E-state index contributed by atoms with van der Waals surface area (Å²) in [6, 6.07) is 41.9. The largest absolute Gasteiger partial charge is 0.307 e. The van der Waals surface area contributed by atoms with Gasteiger partial charge in [-0.15, -0.1) is 0 Å². The van der Waals surface area contributed by atoms with Gasteiger partial charge in [0.1, 0.15) is 11.3 Å². The van der Waals surface area contributed by atoms with Gasteiger partial charge in [-0.2, -0.15) is 0 Å². The van der Waals surface area contributed by atoms with Gasteiger partial charge in [0.2, 0.25) is 0 Å². The fraction of sp³-hybridized carbons (Fsp3) is 0. The van der Waals surface area contributed by atoms with E-state index in [4.69, 9.17) is 4.98 Å². The van der Waals surface area contributed by atoms with E-state index in [-0.39, 0.29) is 0 Å². The Hall–Kier alpha value is -3.94. The van der Waals surface area contributed by atoms with E-state index in [2.05, 4.69) is 41.0 Å². The lowest BCUT2D eigenvalue weighted by Crippen LogP contribution is -2.27. The van der Waals surface area contributed by atoms with Crippen LogP contribution in [0, 0.1) is 0 Å². The van der Waals surface area contributed by atoms with E-state index < -0.39 is 7.14 Å². The predicted octanol–water partition coefficient (Wildman–Crippen LogP) is 5.82. The number of aromatic nitrogens is 2. The number of nitrogens with zero attached hydrogens (tertiary/aromatic N) is 2. The maximum absolute atomic E-state index is 14.8. The van der Waals surface area contributed by atoms with E-state index in [0.29, 0.717) is 5.44 Å². The van der Waals surface area contributed by atoms with Crippen molar-refractivity contribution in [2.75, 3.05) is 0 Å². The zero-order valence-electron chi connectivity index (χ0n) is 17.9. The number of hydrogen-bond donors (Lipinski definition) is 0. The number of fused-ring (bicyclic) bond motifs is 3. The molecule has 4 heteroatoms. The van der Waals surface area contributed by atoms with Crippen LogP contribution in [-0.2, 0) is 4.57 Å². The van der Waals surface area contributed by atoms with Gasteiger partial charge in [-0.05, 0) is 24.3 Å². The van der Waals surface area contributed by atoms with E-state index in [1.165, 1.54) is 10.8 Å². The molecule has 0 aliphatic heterocycles. The Balaban J connectivity index is 1.64. The lowest BCUT2D eigenvalue weighted by molar-refractivity contribution is 0.592. The Kier molecular flexibility index (Phi) is 4.71. The van der Waals surface area contributed by atoms with Gasteiger partial charge < -0.3 is 4.57 Å². The molecule has 0 atom stereocenters. The van der Waals surface area contributed by atoms with Crippen molar-refractivity contribution in [3.8, 4) is 5.82 Å². The molecule has 33 heavy (non-hydrogen) atoms. The van der Waals surface area contributed by atoms with Crippen LogP contribution in [0.3, 0.4) is 0 Å². The van der Waals surface area contributed by atoms with E-state index in [1.807, 2.05) is 91.0 Å². The summed E-state index contributed by atoms with van der Waals surface area (Å²) in [5.41, 5.74) is 2.74. The van der Waals surface area contributed by atoms with Gasteiger partial charge in [0.25, 0.3) is 0 Å². The summed E-state index contributed by atoms with van der Waals surface area (Å²) in [4.78, 5) is 5.04. The van der Waals surface area contributed by atoms with Gasteiger partial charge >= 0.3 is 0 Å². The van der Waals surface area contributed by atoms with Crippen molar-refractivity contribution < 1.29 is 4.57 Å². The molecule has 0 fully saturated rings. The molecule has 0 radical (unpaired) electrons. The summed E-state index contributed by atoms with van der Waals surface area (Å²) in [7, 11) is -3.15. The highest BCUT2D eigenvalue weighted by Crippen LogP contribution is 2.42. The molecule has 6 rings (SSSR count). The number of rotatable bonds is 4. The minimum absolute atomic E-state index is 0.583. The summed E-state index contributed by atoms with van der Waals surface area (Å²) >= 11 is 0. The summed E-state index contributed by atoms with van der Waals surface area (Å²) in [5.74, 6) is 0.761. The van der Waals surface area contributed by atoms with Crippen molar-refractivity contribution in [2.24, 2.45) is 0 Å². The van der Waals surface area contributed by atoms with Gasteiger partial charge in [0.05, 0.1) is 11.0 Å². The molecule has 0 spiro atoms. The zero-order valence-corrected chi connectivity index (χ0v) is 18.8. The van der Waals surface area contributed by atoms with Crippen molar-refractivity contribution in [3.05, 3.63) is 127 Å². The van der Waals surface area contributed by atoms with Crippen LogP contribution >= 0.6 is 7.14 Å². The van der Waals surface area contributed by atoms with Crippen LogP contribution in [0.4, 0.5) is 0 Å². The molecule has 0 N–H and O–H groups in total. The van der Waals surface area contributed by atoms with Crippen molar-refractivity contribution in [1.29, 1.82) is 0 Å². The second-order valence-corrected chi connectivity index (χ2v) is 10.7. The molecule has 4 aromatic carbocycles. The molecule has 2 aromatic heterocycles. The van der Waals surface area contributed by atoms with Crippen molar-refractivity contribution in [1.82, 2.24) is 9.55 Å². The fourth-order valence-corrected chi connectivity index (χ4v) is 7.12. The number of benzene rings is 4. The third kappa shape index (κ3) is 3.13. The molecule has 0 saturated carbocycles. The van der Waals surface area contributed by atoms with Crippen LogP contribution in [0.25, 0.3) is 27.6 Å². The Morgan fingerprint density at radius 1 is 0.515 bits per heavy atom. The molecular formula is C29H21N2OP. The highest BCUT2D eigenvalue weighted by Gasteiger charge is 2.31. The molecule has 0 saturated heterocycles. The standard InChI is InChI=1S/C29H21N2OP/c32-33(22-12-3-1-4-13-22,23-14-5-2-6-15-23)29-21-11-20-28(30-29)31-26-18-9-7-16-24(26)25-17-8-10-19-27(25)31/h1-21H. The predicted molar refractivity (Wildman–Crippen MR) is 138 cm³/mol. The maximum Gasteiger partial charge on any atom is 0.188 e. The van der Waals surface area contributed by atoms with Crippen LogP contribution in [0.2, 0.25) is 0 Å². The van der Waals surface area contributed by atoms with Crippen LogP contribution in [0.5, 0.6) is 0 Å².